The van der Waals surface area contributed by atoms with Crippen molar-refractivity contribution in [1.29, 1.82) is 0 Å². The van der Waals surface area contributed by atoms with Gasteiger partial charge < -0.3 is 24.5 Å². The maximum Gasteiger partial charge on any atom is 0.324 e. The molecule has 2 amide bonds. The van der Waals surface area contributed by atoms with Crippen molar-refractivity contribution in [2.45, 2.75) is 104 Å². The van der Waals surface area contributed by atoms with E-state index < -0.39 is 29.6 Å². The Bertz CT molecular complexity index is 1950. The van der Waals surface area contributed by atoms with E-state index in [9.17, 15) is 19.5 Å². The van der Waals surface area contributed by atoms with Gasteiger partial charge in [0.2, 0.25) is 5.91 Å². The number of amides is 2. The van der Waals surface area contributed by atoms with Gasteiger partial charge in [-0.2, -0.15) is 0 Å². The smallest absolute Gasteiger partial charge is 0.324 e. The number of hydrogen-bond acceptors (Lipinski definition) is 10. The molecule has 0 radical (unpaired) electrons. The fourth-order valence-electron chi connectivity index (χ4n) is 8.33. The first kappa shape index (κ1) is 38.5. The molecule has 290 valence electrons. The topological polar surface area (TPSA) is 147 Å². The Hall–Kier alpha value is -3.78. The van der Waals surface area contributed by atoms with Gasteiger partial charge in [0.25, 0.3) is 5.91 Å². The van der Waals surface area contributed by atoms with Crippen LogP contribution in [0.4, 0.5) is 0 Å². The summed E-state index contributed by atoms with van der Waals surface area (Å²) in [4.78, 5) is 51.1. The summed E-state index contributed by atoms with van der Waals surface area (Å²) in [7, 11) is 1.67. The van der Waals surface area contributed by atoms with Crippen molar-refractivity contribution >= 4 is 45.5 Å². The average molecular weight is 759 g/mol. The Balaban J connectivity index is 1.35. The summed E-state index contributed by atoms with van der Waals surface area (Å²) >= 11 is 1.62. The number of aliphatic hydroxyl groups is 1. The quantitative estimate of drug-likeness (QED) is 0.271. The van der Waals surface area contributed by atoms with Crippen LogP contribution in [0.1, 0.15) is 89.8 Å². The number of pyridine rings is 1. The van der Waals surface area contributed by atoms with Crippen molar-refractivity contribution in [3.63, 3.8) is 0 Å². The molecule has 0 spiro atoms. The van der Waals surface area contributed by atoms with Gasteiger partial charge in [-0.25, -0.2) is 5.43 Å². The van der Waals surface area contributed by atoms with E-state index in [0.29, 0.717) is 38.1 Å². The predicted octanol–water partition coefficient (Wildman–Crippen LogP) is 5.38. The van der Waals surface area contributed by atoms with Gasteiger partial charge >= 0.3 is 5.97 Å². The lowest BCUT2D eigenvalue weighted by molar-refractivity contribution is -0.155. The summed E-state index contributed by atoms with van der Waals surface area (Å²) in [5, 5.41) is 17.3. The molecule has 3 aliphatic heterocycles. The molecule has 2 fully saturated rings. The summed E-state index contributed by atoms with van der Waals surface area (Å²) in [6, 6.07) is 8.76. The first-order chi connectivity index (χ1) is 25.8. The monoisotopic (exact) mass is 758 g/mol. The number of rotatable bonds is 7. The van der Waals surface area contributed by atoms with Crippen LogP contribution in [0, 0.1) is 23.2 Å². The van der Waals surface area contributed by atoms with Crippen LogP contribution < -0.4 is 10.7 Å². The van der Waals surface area contributed by atoms with Crippen molar-refractivity contribution in [1.82, 2.24) is 25.3 Å². The molecular formula is C41H54N6O6S. The molecule has 1 aliphatic carbocycles. The zero-order valence-corrected chi connectivity index (χ0v) is 33.2. The molecule has 4 aliphatic rings. The molecule has 54 heavy (non-hydrogen) atoms. The van der Waals surface area contributed by atoms with E-state index in [2.05, 4.69) is 67.3 Å². The van der Waals surface area contributed by atoms with E-state index in [4.69, 9.17) is 19.5 Å². The Kier molecular flexibility index (Phi) is 11.0. The van der Waals surface area contributed by atoms with Crippen molar-refractivity contribution in [2.24, 2.45) is 28.2 Å². The molecule has 1 saturated carbocycles. The van der Waals surface area contributed by atoms with Gasteiger partial charge in [-0.3, -0.25) is 29.4 Å². The highest BCUT2D eigenvalue weighted by molar-refractivity contribution is 8.14. The standard InChI is InChI=1S/C41H54N6O6S/c1-22(48)19-46-33-13-12-26-16-28(33)29(37(46)27-10-8-14-42-36(27)25(4)52-7)18-41(5,6)21-53-40(51)30-11-9-15-47(45-30)39(50)31(17-34-43-32(26)20-54-34)44-38(49)35-23(2)24(35)3/h8,10,12-14,16,22-25,30-32,35,45,48H,9,11,15,17-21H2,1-7H3,(H,44,49)/t22-,23-,24+,25+,30+,31+,32?,35+/m1/s1. The number of hydrazine groups is 1. The molecule has 2 aromatic heterocycles. The zero-order chi connectivity index (χ0) is 38.5. The number of fused-ring (bicyclic) bond motifs is 5. The first-order valence-electron chi connectivity index (χ1n) is 19.3. The lowest BCUT2D eigenvalue weighted by Crippen LogP contribution is -2.60. The summed E-state index contributed by atoms with van der Waals surface area (Å²) in [5.74, 6) is 0.320. The summed E-state index contributed by atoms with van der Waals surface area (Å²) < 4.78 is 14.0. The highest BCUT2D eigenvalue weighted by Crippen LogP contribution is 2.46. The molecule has 13 heteroatoms. The molecule has 5 heterocycles. The summed E-state index contributed by atoms with van der Waals surface area (Å²) in [6.07, 6.45) is 2.85. The molecule has 1 saturated heterocycles. The molecule has 3 N–H and O–H groups in total. The highest BCUT2D eigenvalue weighted by Gasteiger charge is 2.49. The van der Waals surface area contributed by atoms with E-state index in [1.54, 1.807) is 32.0 Å². The lowest BCUT2D eigenvalue weighted by Gasteiger charge is -2.35. The molecule has 12 nitrogen and oxygen atoms in total. The minimum atomic E-state index is -0.822. The third-order valence-corrected chi connectivity index (χ3v) is 12.8. The van der Waals surface area contributed by atoms with E-state index in [-0.39, 0.29) is 54.7 Å². The summed E-state index contributed by atoms with van der Waals surface area (Å²) in [6.45, 7) is 13.0. The average Bonchev–Trinajstić information content (AvgIpc) is 3.42. The van der Waals surface area contributed by atoms with Crippen molar-refractivity contribution < 1.29 is 29.0 Å². The third kappa shape index (κ3) is 7.69. The number of carbonyl (C=O) groups is 3. The number of ether oxygens (including phenoxy) is 2. The van der Waals surface area contributed by atoms with Crippen LogP contribution in [0.3, 0.4) is 0 Å². The second-order valence-electron chi connectivity index (χ2n) is 16.5. The fraction of sp³-hybridized carbons (Fsp3) is 0.585. The van der Waals surface area contributed by atoms with Crippen LogP contribution in [-0.4, -0.2) is 86.7 Å². The minimum Gasteiger partial charge on any atom is -0.464 e. The molecule has 1 aromatic carbocycles. The number of esters is 1. The van der Waals surface area contributed by atoms with Crippen LogP contribution in [-0.2, 0) is 36.8 Å². The van der Waals surface area contributed by atoms with Crippen LogP contribution in [0.25, 0.3) is 22.2 Å². The van der Waals surface area contributed by atoms with Crippen LogP contribution in [0.2, 0.25) is 0 Å². The summed E-state index contributed by atoms with van der Waals surface area (Å²) in [5.41, 5.74) is 8.41. The normalized spacial score (nSPS) is 28.2. The van der Waals surface area contributed by atoms with Crippen molar-refractivity contribution in [2.75, 3.05) is 26.0 Å². The highest BCUT2D eigenvalue weighted by atomic mass is 32.2. The third-order valence-electron chi connectivity index (χ3n) is 11.7. The second-order valence-corrected chi connectivity index (χ2v) is 17.6. The van der Waals surface area contributed by atoms with Crippen LogP contribution in [0.5, 0.6) is 0 Å². The van der Waals surface area contributed by atoms with E-state index in [0.717, 1.165) is 44.0 Å². The van der Waals surface area contributed by atoms with Crippen LogP contribution >= 0.6 is 11.8 Å². The minimum absolute atomic E-state index is 0.113. The number of methoxy groups -OCH3 is 1. The number of nitrogens with one attached hydrogen (secondary N) is 2. The van der Waals surface area contributed by atoms with Crippen molar-refractivity contribution in [3.8, 4) is 11.3 Å². The van der Waals surface area contributed by atoms with Gasteiger partial charge in [-0.15, -0.1) is 11.8 Å². The van der Waals surface area contributed by atoms with Crippen molar-refractivity contribution in [3.05, 3.63) is 53.3 Å². The number of nitrogens with zero attached hydrogens (tertiary/aromatic N) is 4. The van der Waals surface area contributed by atoms with Gasteiger partial charge in [-0.05, 0) is 80.3 Å². The van der Waals surface area contributed by atoms with E-state index >= 15 is 0 Å². The SMILES string of the molecule is CO[C@@H](C)c1ncccc1-c1c2c3cc(ccc3n1C[C@@H](C)O)C1CSC(=N1)C[C@H](NC(=O)[C@H]1[C@H](C)[C@@H]1C)C(=O)N1CCC[C@H](N1)C(=O)OCC(C)(C)C2. The second kappa shape index (κ2) is 15.4. The maximum atomic E-state index is 14.1. The molecule has 3 aromatic rings. The molecular weight excluding hydrogens is 705 g/mol. The maximum absolute atomic E-state index is 14.1. The number of benzene rings is 1. The Morgan fingerprint density at radius 3 is 2.70 bits per heavy atom. The fourth-order valence-corrected chi connectivity index (χ4v) is 9.44. The van der Waals surface area contributed by atoms with Gasteiger partial charge in [-0.1, -0.05) is 33.8 Å². The van der Waals surface area contributed by atoms with E-state index in [1.165, 1.54) is 5.01 Å². The number of cyclic esters (lactones) is 1. The van der Waals surface area contributed by atoms with Gasteiger partial charge in [0.1, 0.15) is 12.1 Å². The first-order valence-corrected chi connectivity index (χ1v) is 20.3. The largest absolute Gasteiger partial charge is 0.464 e. The zero-order valence-electron chi connectivity index (χ0n) is 32.4. The predicted molar refractivity (Wildman–Crippen MR) is 210 cm³/mol. The van der Waals surface area contributed by atoms with E-state index in [1.807, 2.05) is 13.0 Å². The molecule has 6 bridgehead atoms. The number of thioether (sulfide) groups is 1. The molecule has 8 atom stereocenters. The van der Waals surface area contributed by atoms with Gasteiger partial charge in [0.05, 0.1) is 41.3 Å². The number of hydrogen-bond donors (Lipinski definition) is 3. The Labute approximate surface area is 321 Å². The number of aliphatic imine (C=N–C) groups is 1. The van der Waals surface area contributed by atoms with Gasteiger partial charge in [0, 0.05) is 66.4 Å². The molecule has 1 unspecified atom stereocenters. The van der Waals surface area contributed by atoms with Crippen LogP contribution in [0.15, 0.2) is 41.5 Å². The Morgan fingerprint density at radius 1 is 1.20 bits per heavy atom. The number of carbonyl (C=O) groups excluding carboxylic acids is 3. The lowest BCUT2D eigenvalue weighted by atomic mass is 9.84. The number of aromatic nitrogens is 2. The molecule has 7 rings (SSSR count). The number of aliphatic hydroxyl groups excluding tert-OH is 1. The van der Waals surface area contributed by atoms with Gasteiger partial charge in [0.15, 0.2) is 0 Å². The Morgan fingerprint density at radius 2 is 1.98 bits per heavy atom.